The first-order valence-electron chi connectivity index (χ1n) is 43.0. The number of ether oxygens (including phenoxy) is 6. The van der Waals surface area contributed by atoms with Gasteiger partial charge in [-0.1, -0.05) is 315 Å². The monoisotopic (exact) mass is 1520 g/mol. The van der Waals surface area contributed by atoms with Crippen LogP contribution in [0.2, 0.25) is 0 Å². The maximum absolute atomic E-state index is 13.6. The van der Waals surface area contributed by atoms with E-state index in [2.05, 4.69) is 36.6 Å². The van der Waals surface area contributed by atoms with Crippen LogP contribution in [0, 0.1) is 0 Å². The van der Waals surface area contributed by atoms with Crippen LogP contribution >= 0.6 is 0 Å². The molecule has 3 saturated heterocycles. The summed E-state index contributed by atoms with van der Waals surface area (Å²) in [7, 11) is 0. The fourth-order valence-electron chi connectivity index (χ4n) is 15.2. The summed E-state index contributed by atoms with van der Waals surface area (Å²) in [5.74, 6) is -6.09. The number of unbranched alkanes of at least 4 members (excludes halogenated alkanes) is 47. The van der Waals surface area contributed by atoms with Gasteiger partial charge in [0, 0.05) is 19.8 Å². The molecule has 0 aliphatic carbocycles. The topological polar surface area (TPSA) is 373 Å². The van der Waals surface area contributed by atoms with E-state index in [1.54, 1.807) is 0 Å². The molecule has 106 heavy (non-hydrogen) atoms. The molecule has 3 aliphatic rings. The molecule has 23 nitrogen and oxygen atoms in total. The van der Waals surface area contributed by atoms with E-state index in [1.165, 1.54) is 257 Å². The van der Waals surface area contributed by atoms with Crippen LogP contribution in [0.3, 0.4) is 0 Å². The van der Waals surface area contributed by atoms with Gasteiger partial charge in [0.2, 0.25) is 11.8 Å². The number of aliphatic hydroxyl groups excluding tert-OH is 11. The van der Waals surface area contributed by atoms with Crippen LogP contribution in [0.25, 0.3) is 0 Å². The van der Waals surface area contributed by atoms with Gasteiger partial charge in [-0.2, -0.15) is 0 Å². The normalized spacial score (nSPS) is 26.1. The number of nitrogens with one attached hydrogen (secondary N) is 2. The Bertz CT molecular complexity index is 2150. The molecule has 2 amide bonds. The van der Waals surface area contributed by atoms with Gasteiger partial charge in [0.25, 0.3) is 5.79 Å². The lowest BCUT2D eigenvalue weighted by atomic mass is 9.88. The van der Waals surface area contributed by atoms with Gasteiger partial charge < -0.3 is 100 Å². The molecule has 0 aromatic heterocycles. The minimum Gasteiger partial charge on any atom is -0.477 e. The Labute approximate surface area is 639 Å². The average Bonchev–Trinajstić information content (AvgIpc) is 0.755. The highest BCUT2D eigenvalue weighted by atomic mass is 16.8. The number of rotatable bonds is 69. The third-order valence-corrected chi connectivity index (χ3v) is 22.0. The quantitative estimate of drug-likeness (QED) is 0.0199. The Balaban J connectivity index is 1.49. The van der Waals surface area contributed by atoms with Crippen LogP contribution in [0.15, 0.2) is 12.2 Å². The molecule has 23 heteroatoms. The van der Waals surface area contributed by atoms with E-state index in [4.69, 9.17) is 28.4 Å². The Morgan fingerprint density at radius 1 is 0.481 bits per heavy atom. The van der Waals surface area contributed by atoms with Gasteiger partial charge in [0.15, 0.2) is 12.6 Å². The van der Waals surface area contributed by atoms with Gasteiger partial charge >= 0.3 is 5.97 Å². The highest BCUT2D eigenvalue weighted by molar-refractivity contribution is 5.77. The molecule has 18 unspecified atom stereocenters. The van der Waals surface area contributed by atoms with Gasteiger partial charge in [-0.15, -0.1) is 0 Å². The first-order valence-corrected chi connectivity index (χ1v) is 43.0. The lowest BCUT2D eigenvalue weighted by Gasteiger charge is -2.50. The molecular formula is C83H156N2O21. The molecule has 3 rings (SSSR count). The summed E-state index contributed by atoms with van der Waals surface area (Å²) in [4.78, 5) is 38.8. The number of amides is 2. The molecule has 14 N–H and O–H groups in total. The van der Waals surface area contributed by atoms with E-state index in [9.17, 15) is 75.7 Å². The van der Waals surface area contributed by atoms with Gasteiger partial charge in [-0.25, -0.2) is 4.79 Å². The first kappa shape index (κ1) is 97.7. The number of carboxylic acid groups (broad SMARTS) is 1. The van der Waals surface area contributed by atoms with Crippen molar-refractivity contribution < 1.29 is 104 Å². The number of carboxylic acids is 1. The molecule has 0 radical (unpaired) electrons. The number of allylic oxidation sites excluding steroid dienone is 2. The summed E-state index contributed by atoms with van der Waals surface area (Å²) in [6, 6.07) is -2.53. The van der Waals surface area contributed by atoms with Crippen molar-refractivity contribution in [2.75, 3.05) is 26.4 Å². The Kier molecular flexibility index (Phi) is 57.1. The number of carbonyl (C=O) groups excluding carboxylic acids is 2. The predicted molar refractivity (Wildman–Crippen MR) is 412 cm³/mol. The smallest absolute Gasteiger partial charge is 0.364 e. The second kappa shape index (κ2) is 62.0. The van der Waals surface area contributed by atoms with Crippen molar-refractivity contribution in [2.45, 2.75) is 471 Å². The summed E-state index contributed by atoms with van der Waals surface area (Å²) in [5.41, 5.74) is 0. The maximum Gasteiger partial charge on any atom is 0.364 e. The van der Waals surface area contributed by atoms with E-state index in [-0.39, 0.29) is 18.9 Å². The second-order valence-electron chi connectivity index (χ2n) is 31.4. The molecule has 624 valence electrons. The van der Waals surface area contributed by atoms with Crippen LogP contribution in [0.1, 0.15) is 361 Å². The van der Waals surface area contributed by atoms with Crippen molar-refractivity contribution >= 4 is 17.8 Å². The minimum atomic E-state index is -3.08. The minimum absolute atomic E-state index is 0.225. The van der Waals surface area contributed by atoms with Crippen LogP contribution < -0.4 is 10.6 Å². The number of hydrogen-bond donors (Lipinski definition) is 14. The molecule has 0 aromatic rings. The van der Waals surface area contributed by atoms with E-state index in [0.29, 0.717) is 19.3 Å². The van der Waals surface area contributed by atoms with Crippen molar-refractivity contribution in [3.63, 3.8) is 0 Å². The molecule has 3 heterocycles. The van der Waals surface area contributed by atoms with Crippen LogP contribution in [0.5, 0.6) is 0 Å². The van der Waals surface area contributed by atoms with Crippen molar-refractivity contribution in [1.82, 2.24) is 10.6 Å². The van der Waals surface area contributed by atoms with Crippen molar-refractivity contribution in [3.8, 4) is 0 Å². The van der Waals surface area contributed by atoms with E-state index >= 15 is 0 Å². The van der Waals surface area contributed by atoms with Gasteiger partial charge in [-0.05, 0) is 38.5 Å². The van der Waals surface area contributed by atoms with Crippen LogP contribution in [-0.4, -0.2) is 215 Å². The molecule has 3 fully saturated rings. The van der Waals surface area contributed by atoms with Gasteiger partial charge in [-0.3, -0.25) is 9.59 Å². The van der Waals surface area contributed by atoms with Crippen molar-refractivity contribution in [3.05, 3.63) is 12.2 Å². The Hall–Kier alpha value is -2.53. The Morgan fingerprint density at radius 2 is 0.877 bits per heavy atom. The molecule has 3 aliphatic heterocycles. The van der Waals surface area contributed by atoms with Crippen molar-refractivity contribution in [2.24, 2.45) is 0 Å². The number of hydrogen-bond acceptors (Lipinski definition) is 20. The summed E-state index contributed by atoms with van der Waals surface area (Å²) in [6.07, 6.45) is 39.2. The van der Waals surface area contributed by atoms with Gasteiger partial charge in [0.05, 0.1) is 50.7 Å². The largest absolute Gasteiger partial charge is 0.477 e. The third-order valence-electron chi connectivity index (χ3n) is 22.0. The highest BCUT2D eigenvalue weighted by Gasteiger charge is 2.60. The standard InChI is InChI=1S/C83H156N2O21/c1-4-6-8-10-12-14-16-18-20-22-24-26-28-30-31-33-35-37-39-41-43-45-47-49-51-53-55-57-70(93)85-64(65(90)56-54-52-50-48-46-44-42-40-38-36-34-32-29-27-25-23-21-19-17-15-13-11-9-7-5-2)62-101-80-75(97)74(96)77(69(61-88)103-80)104-81-76(98)79(73(95)68(60-87)102-81)106-83(82(99)100)58-66(91)71(84-63(3)89)78(105-83)72(94)67(92)59-86/h30-31,64-69,71-81,86-88,90-92,94-98H,4-29,32-62H2,1-3H3,(H,84,89)(H,85,93)(H,99,100)/b31-30-. The fourth-order valence-corrected chi connectivity index (χ4v) is 15.2. The zero-order chi connectivity index (χ0) is 77.4. The molecule has 0 spiro atoms. The molecular weight excluding hydrogens is 1360 g/mol. The first-order chi connectivity index (χ1) is 51.4. The molecule has 0 aromatic carbocycles. The third kappa shape index (κ3) is 41.3. The van der Waals surface area contributed by atoms with E-state index in [1.807, 2.05) is 0 Å². The van der Waals surface area contributed by atoms with Crippen molar-refractivity contribution in [1.29, 1.82) is 0 Å². The number of aliphatic carboxylic acids is 1. The summed E-state index contributed by atoms with van der Waals surface area (Å²) in [6.45, 7) is 2.28. The lowest BCUT2D eigenvalue weighted by molar-refractivity contribution is -0.386. The summed E-state index contributed by atoms with van der Waals surface area (Å²) < 4.78 is 35.0. The fraction of sp³-hybridized carbons (Fsp3) is 0.940. The SMILES string of the molecule is CCCCCCCCCCCCCC/C=C\CCCCCCCCCCCCCC(=O)NC(COC1OC(CO)C(OC2OC(CO)C(O)C(OC3(C(=O)O)CC(O)C(NC(C)=O)C(C(O)C(O)CO)O3)C2O)C(O)C1O)C(O)CCCCCCCCCCCCCCCCCCCCCCCCCCC. The van der Waals surface area contributed by atoms with Crippen LogP contribution in [0.4, 0.5) is 0 Å². The molecule has 0 bridgehead atoms. The zero-order valence-corrected chi connectivity index (χ0v) is 66.3. The summed E-state index contributed by atoms with van der Waals surface area (Å²) in [5, 5.41) is 137. The average molecular weight is 1520 g/mol. The summed E-state index contributed by atoms with van der Waals surface area (Å²) >= 11 is 0. The zero-order valence-electron chi connectivity index (χ0n) is 66.3. The second-order valence-corrected chi connectivity index (χ2v) is 31.4. The maximum atomic E-state index is 13.6. The highest BCUT2D eigenvalue weighted by Crippen LogP contribution is 2.39. The van der Waals surface area contributed by atoms with Crippen LogP contribution in [-0.2, 0) is 42.8 Å². The lowest BCUT2D eigenvalue weighted by Crippen LogP contribution is -2.70. The number of carbonyl (C=O) groups is 3. The predicted octanol–water partition coefficient (Wildman–Crippen LogP) is 12.5. The molecule has 0 saturated carbocycles. The van der Waals surface area contributed by atoms with E-state index in [0.717, 1.165) is 58.3 Å². The van der Waals surface area contributed by atoms with E-state index < -0.39 is 148 Å². The Morgan fingerprint density at radius 3 is 1.27 bits per heavy atom. The van der Waals surface area contributed by atoms with Gasteiger partial charge in [0.1, 0.15) is 67.1 Å². The molecule has 18 atom stereocenters. The number of aliphatic hydroxyl groups is 11.